The largest absolute Gasteiger partial charge is 0.497 e. The van der Waals surface area contributed by atoms with Crippen LogP contribution in [0.2, 0.25) is 0 Å². The number of methoxy groups -OCH3 is 3. The van der Waals surface area contributed by atoms with Crippen LogP contribution in [0.5, 0.6) is 11.5 Å². The van der Waals surface area contributed by atoms with Crippen LogP contribution in [0, 0.1) is 5.82 Å². The van der Waals surface area contributed by atoms with E-state index in [1.165, 1.54) is 24.5 Å². The highest BCUT2D eigenvalue weighted by atomic mass is 32.1. The predicted octanol–water partition coefficient (Wildman–Crippen LogP) is 4.56. The molecule has 0 aliphatic rings. The van der Waals surface area contributed by atoms with Gasteiger partial charge in [-0.3, -0.25) is 0 Å². The van der Waals surface area contributed by atoms with Gasteiger partial charge in [0.1, 0.15) is 28.8 Å². The molecule has 3 aromatic rings. The number of hydrogen-bond donors (Lipinski definition) is 0. The van der Waals surface area contributed by atoms with E-state index in [0.717, 1.165) is 0 Å². The summed E-state index contributed by atoms with van der Waals surface area (Å²) in [6.45, 7) is 0.121. The van der Waals surface area contributed by atoms with Crippen molar-refractivity contribution in [3.05, 3.63) is 58.2 Å². The molecule has 5 nitrogen and oxygen atoms in total. The molecule has 0 amide bonds. The molecule has 7 heteroatoms. The molecule has 0 fully saturated rings. The SMILES string of the molecule is COCc1c(C(=O)OCc2cc(OC)ccc2OC)sc2cccc(F)c12. The van der Waals surface area contributed by atoms with Gasteiger partial charge in [-0.05, 0) is 30.3 Å². The van der Waals surface area contributed by atoms with Gasteiger partial charge in [-0.1, -0.05) is 6.07 Å². The summed E-state index contributed by atoms with van der Waals surface area (Å²) in [5.41, 5.74) is 1.17. The molecule has 0 unspecified atom stereocenters. The first-order valence-electron chi connectivity index (χ1n) is 8.15. The third-order valence-corrected chi connectivity index (χ3v) is 5.26. The van der Waals surface area contributed by atoms with Gasteiger partial charge < -0.3 is 18.9 Å². The second kappa shape index (κ2) is 8.37. The van der Waals surface area contributed by atoms with Gasteiger partial charge >= 0.3 is 5.97 Å². The van der Waals surface area contributed by atoms with Crippen LogP contribution in [0.25, 0.3) is 10.1 Å². The molecule has 0 radical (unpaired) electrons. The smallest absolute Gasteiger partial charge is 0.349 e. The van der Waals surface area contributed by atoms with Crippen LogP contribution in [0.15, 0.2) is 36.4 Å². The number of benzene rings is 2. The molecule has 0 aliphatic heterocycles. The Balaban J connectivity index is 1.89. The van der Waals surface area contributed by atoms with Gasteiger partial charge in [0.05, 0.1) is 20.8 Å². The lowest BCUT2D eigenvalue weighted by molar-refractivity contribution is 0.0471. The summed E-state index contributed by atoms with van der Waals surface area (Å²) in [5, 5.41) is 0.398. The lowest BCUT2D eigenvalue weighted by Crippen LogP contribution is -2.07. The highest BCUT2D eigenvalue weighted by Crippen LogP contribution is 2.34. The second-order valence-electron chi connectivity index (χ2n) is 5.71. The van der Waals surface area contributed by atoms with Crippen LogP contribution >= 0.6 is 11.3 Å². The fourth-order valence-corrected chi connectivity index (χ4v) is 3.93. The fourth-order valence-electron chi connectivity index (χ4n) is 2.82. The van der Waals surface area contributed by atoms with Crippen LogP contribution in [0.4, 0.5) is 4.39 Å². The number of halogens is 1. The van der Waals surface area contributed by atoms with Crippen LogP contribution in [-0.4, -0.2) is 27.3 Å². The highest BCUT2D eigenvalue weighted by molar-refractivity contribution is 7.21. The first-order chi connectivity index (χ1) is 13.1. The molecule has 0 aliphatic carbocycles. The summed E-state index contributed by atoms with van der Waals surface area (Å²) in [4.78, 5) is 13.0. The first kappa shape index (κ1) is 19.1. The topological polar surface area (TPSA) is 54.0 Å². The van der Waals surface area contributed by atoms with Crippen molar-refractivity contribution in [2.24, 2.45) is 0 Å². The summed E-state index contributed by atoms with van der Waals surface area (Å²) >= 11 is 1.19. The van der Waals surface area contributed by atoms with Gasteiger partial charge in [0, 0.05) is 28.3 Å². The Hall–Kier alpha value is -2.64. The molecule has 0 N–H and O–H groups in total. The standard InChI is InChI=1S/C20H19FO5S/c1-23-11-14-18-15(21)5-4-6-17(18)27-19(14)20(22)26-10-12-9-13(24-2)7-8-16(12)25-3/h4-9H,10-11H2,1-3H3. The number of esters is 1. The average Bonchev–Trinajstić information content (AvgIpc) is 3.06. The molecule has 1 heterocycles. The number of carbonyl (C=O) groups is 1. The van der Waals surface area contributed by atoms with Gasteiger partial charge in [0.2, 0.25) is 0 Å². The summed E-state index contributed by atoms with van der Waals surface area (Å²) < 4.78 is 36.1. The zero-order chi connectivity index (χ0) is 19.4. The summed E-state index contributed by atoms with van der Waals surface area (Å²) in [6.07, 6.45) is 0. The van der Waals surface area contributed by atoms with Gasteiger partial charge in [-0.25, -0.2) is 9.18 Å². The summed E-state index contributed by atoms with van der Waals surface area (Å²) in [7, 11) is 4.60. The molecule has 0 saturated carbocycles. The van der Waals surface area contributed by atoms with Crippen molar-refractivity contribution in [1.82, 2.24) is 0 Å². The minimum Gasteiger partial charge on any atom is -0.497 e. The number of fused-ring (bicyclic) bond motifs is 1. The third-order valence-electron chi connectivity index (χ3n) is 4.08. The maximum atomic E-state index is 14.2. The van der Waals surface area contributed by atoms with E-state index in [-0.39, 0.29) is 19.0 Å². The molecule has 27 heavy (non-hydrogen) atoms. The minimum absolute atomic E-state index is 0.00234. The Bertz CT molecular complexity index is 966. The van der Waals surface area contributed by atoms with E-state index >= 15 is 0 Å². The van der Waals surface area contributed by atoms with Gasteiger partial charge in [0.25, 0.3) is 0 Å². The van der Waals surface area contributed by atoms with Crippen molar-refractivity contribution < 1.29 is 28.1 Å². The van der Waals surface area contributed by atoms with E-state index in [9.17, 15) is 9.18 Å². The normalized spacial score (nSPS) is 10.8. The Morgan fingerprint density at radius 3 is 2.59 bits per heavy atom. The summed E-state index contributed by atoms with van der Waals surface area (Å²) in [6, 6.07) is 9.99. The fraction of sp³-hybridized carbons (Fsp3) is 0.250. The van der Waals surface area contributed by atoms with E-state index < -0.39 is 5.97 Å². The molecule has 0 spiro atoms. The number of carbonyl (C=O) groups excluding carboxylic acids is 1. The Labute approximate surface area is 160 Å². The maximum absolute atomic E-state index is 14.2. The lowest BCUT2D eigenvalue weighted by atomic mass is 10.1. The Morgan fingerprint density at radius 2 is 1.89 bits per heavy atom. The quantitative estimate of drug-likeness (QED) is 0.554. The zero-order valence-electron chi connectivity index (χ0n) is 15.2. The van der Waals surface area contributed by atoms with Crippen LogP contribution in [0.1, 0.15) is 20.8 Å². The molecule has 1 aromatic heterocycles. The molecule has 0 bridgehead atoms. The number of rotatable bonds is 7. The van der Waals surface area contributed by atoms with Crippen molar-refractivity contribution in [1.29, 1.82) is 0 Å². The van der Waals surface area contributed by atoms with Gasteiger partial charge in [-0.2, -0.15) is 0 Å². The maximum Gasteiger partial charge on any atom is 0.349 e. The van der Waals surface area contributed by atoms with Crippen molar-refractivity contribution in [2.45, 2.75) is 13.2 Å². The third kappa shape index (κ3) is 3.89. The molecular weight excluding hydrogens is 371 g/mol. The Morgan fingerprint density at radius 1 is 1.07 bits per heavy atom. The molecule has 2 aromatic carbocycles. The number of hydrogen-bond acceptors (Lipinski definition) is 6. The molecule has 142 valence electrons. The predicted molar refractivity (Wildman–Crippen MR) is 101 cm³/mol. The number of ether oxygens (including phenoxy) is 4. The molecular formula is C20H19FO5S. The van der Waals surface area contributed by atoms with Gasteiger partial charge in [0.15, 0.2) is 0 Å². The average molecular weight is 390 g/mol. The minimum atomic E-state index is -0.535. The monoisotopic (exact) mass is 390 g/mol. The van der Waals surface area contributed by atoms with Crippen LogP contribution < -0.4 is 9.47 Å². The zero-order valence-corrected chi connectivity index (χ0v) is 16.0. The van der Waals surface area contributed by atoms with E-state index in [1.54, 1.807) is 44.6 Å². The lowest BCUT2D eigenvalue weighted by Gasteiger charge is -2.11. The molecule has 0 saturated heterocycles. The molecule has 3 rings (SSSR count). The van der Waals surface area contributed by atoms with Crippen molar-refractivity contribution in [2.75, 3.05) is 21.3 Å². The first-order valence-corrected chi connectivity index (χ1v) is 8.97. The van der Waals surface area contributed by atoms with Crippen LogP contribution in [-0.2, 0) is 22.7 Å². The second-order valence-corrected chi connectivity index (χ2v) is 6.76. The van der Waals surface area contributed by atoms with E-state index in [0.29, 0.717) is 37.6 Å². The number of thiophene rings is 1. The molecule has 0 atom stereocenters. The van der Waals surface area contributed by atoms with E-state index in [2.05, 4.69) is 0 Å². The van der Waals surface area contributed by atoms with Crippen LogP contribution in [0.3, 0.4) is 0 Å². The highest BCUT2D eigenvalue weighted by Gasteiger charge is 2.22. The van der Waals surface area contributed by atoms with Gasteiger partial charge in [-0.15, -0.1) is 11.3 Å². The van der Waals surface area contributed by atoms with Crippen molar-refractivity contribution in [3.8, 4) is 11.5 Å². The van der Waals surface area contributed by atoms with Crippen molar-refractivity contribution in [3.63, 3.8) is 0 Å². The van der Waals surface area contributed by atoms with E-state index in [1.807, 2.05) is 0 Å². The van der Waals surface area contributed by atoms with E-state index in [4.69, 9.17) is 18.9 Å². The van der Waals surface area contributed by atoms with Crippen molar-refractivity contribution >= 4 is 27.4 Å². The Kier molecular flexibility index (Phi) is 5.93. The summed E-state index contributed by atoms with van der Waals surface area (Å²) in [5.74, 6) is 0.297.